The van der Waals surface area contributed by atoms with E-state index in [1.54, 1.807) is 11.1 Å². The first kappa shape index (κ1) is 18.9. The minimum Gasteiger partial charge on any atom is -0.356 e. The van der Waals surface area contributed by atoms with E-state index in [0.29, 0.717) is 5.69 Å². The molecule has 2 amide bonds. The number of carbonyl (C=O) groups is 1. The molecule has 2 aromatic heterocycles. The summed E-state index contributed by atoms with van der Waals surface area (Å²) in [6, 6.07) is 19.9. The van der Waals surface area contributed by atoms with Crippen molar-refractivity contribution in [3.05, 3.63) is 73.1 Å². The molecule has 1 N–H and O–H groups in total. The molecule has 6 heteroatoms. The van der Waals surface area contributed by atoms with Crippen molar-refractivity contribution in [2.75, 3.05) is 30.4 Å². The Morgan fingerprint density at radius 1 is 1.00 bits per heavy atom. The first-order valence-electron chi connectivity index (χ1n) is 9.92. The largest absolute Gasteiger partial charge is 0.356 e. The lowest BCUT2D eigenvalue weighted by atomic mass is 10.0. The fraction of sp³-hybridized carbons (Fsp3) is 0.261. The molecule has 0 aliphatic carbocycles. The van der Waals surface area contributed by atoms with Gasteiger partial charge < -0.3 is 15.1 Å². The highest BCUT2D eigenvalue weighted by molar-refractivity contribution is 5.89. The molecule has 0 radical (unpaired) electrons. The highest BCUT2D eigenvalue weighted by Crippen LogP contribution is 2.22. The molecule has 1 fully saturated rings. The summed E-state index contributed by atoms with van der Waals surface area (Å²) in [6.07, 6.45) is 5.37. The average molecular weight is 387 g/mol. The number of piperidine rings is 1. The maximum Gasteiger partial charge on any atom is 0.321 e. The number of pyridine rings is 2. The molecule has 0 spiro atoms. The molecular formula is C23H25N5O. The van der Waals surface area contributed by atoms with Gasteiger partial charge in [0.1, 0.15) is 5.82 Å². The van der Waals surface area contributed by atoms with Crippen molar-refractivity contribution in [3.63, 3.8) is 0 Å². The normalized spacial score (nSPS) is 14.4. The highest BCUT2D eigenvalue weighted by Gasteiger charge is 2.26. The number of urea groups is 1. The molecule has 1 saturated heterocycles. The van der Waals surface area contributed by atoms with E-state index in [4.69, 9.17) is 0 Å². The molecule has 0 saturated carbocycles. The Balaban J connectivity index is 1.32. The van der Waals surface area contributed by atoms with Crippen LogP contribution in [0.4, 0.5) is 16.3 Å². The Hall–Kier alpha value is -3.41. The fourth-order valence-electron chi connectivity index (χ4n) is 3.65. The summed E-state index contributed by atoms with van der Waals surface area (Å²) < 4.78 is 0. The van der Waals surface area contributed by atoms with E-state index in [0.717, 1.165) is 43.0 Å². The van der Waals surface area contributed by atoms with Crippen LogP contribution >= 0.6 is 0 Å². The van der Waals surface area contributed by atoms with Crippen molar-refractivity contribution < 1.29 is 4.79 Å². The Bertz CT molecular complexity index is 923. The third-order valence-electron chi connectivity index (χ3n) is 5.39. The molecule has 148 valence electrons. The lowest BCUT2D eigenvalue weighted by Gasteiger charge is -2.37. The Morgan fingerprint density at radius 2 is 1.76 bits per heavy atom. The van der Waals surface area contributed by atoms with Gasteiger partial charge in [0, 0.05) is 37.9 Å². The van der Waals surface area contributed by atoms with Crippen molar-refractivity contribution in [1.82, 2.24) is 14.9 Å². The molecule has 1 aliphatic heterocycles. The van der Waals surface area contributed by atoms with Crippen LogP contribution in [0, 0.1) is 0 Å². The van der Waals surface area contributed by atoms with Crippen LogP contribution in [0.15, 0.2) is 73.1 Å². The Morgan fingerprint density at radius 3 is 2.41 bits per heavy atom. The van der Waals surface area contributed by atoms with Crippen LogP contribution in [-0.4, -0.2) is 47.1 Å². The van der Waals surface area contributed by atoms with Gasteiger partial charge in [-0.2, -0.15) is 0 Å². The molecule has 0 atom stereocenters. The van der Waals surface area contributed by atoms with Crippen molar-refractivity contribution in [2.24, 2.45) is 0 Å². The molecular weight excluding hydrogens is 362 g/mol. The van der Waals surface area contributed by atoms with Crippen molar-refractivity contribution >= 4 is 17.5 Å². The van der Waals surface area contributed by atoms with Gasteiger partial charge in [-0.05, 0) is 37.1 Å². The molecule has 29 heavy (non-hydrogen) atoms. The second-order valence-corrected chi connectivity index (χ2v) is 7.25. The molecule has 1 aliphatic rings. The number of nitrogens with zero attached hydrogens (tertiary/aromatic N) is 4. The summed E-state index contributed by atoms with van der Waals surface area (Å²) in [4.78, 5) is 25.6. The Labute approximate surface area is 171 Å². The van der Waals surface area contributed by atoms with Gasteiger partial charge in [0.25, 0.3) is 0 Å². The topological polar surface area (TPSA) is 61.4 Å². The van der Waals surface area contributed by atoms with E-state index < -0.39 is 0 Å². The molecule has 4 rings (SSSR count). The lowest BCUT2D eigenvalue weighted by Crippen LogP contribution is -2.47. The number of hydrogen-bond donors (Lipinski definition) is 1. The molecule has 0 bridgehead atoms. The number of anilines is 2. The van der Waals surface area contributed by atoms with Crippen LogP contribution in [0.25, 0.3) is 11.3 Å². The number of nitrogens with one attached hydrogen (secondary N) is 1. The predicted molar refractivity (Wildman–Crippen MR) is 116 cm³/mol. The van der Waals surface area contributed by atoms with Crippen LogP contribution in [-0.2, 0) is 0 Å². The first-order valence-corrected chi connectivity index (χ1v) is 9.92. The van der Waals surface area contributed by atoms with E-state index in [-0.39, 0.29) is 12.1 Å². The minimum absolute atomic E-state index is 0.101. The summed E-state index contributed by atoms with van der Waals surface area (Å²) in [5.41, 5.74) is 2.65. The third kappa shape index (κ3) is 4.54. The summed E-state index contributed by atoms with van der Waals surface area (Å²) in [6.45, 7) is 1.79. The summed E-state index contributed by atoms with van der Waals surface area (Å²) in [5, 5.41) is 2.96. The number of benzene rings is 1. The van der Waals surface area contributed by atoms with Gasteiger partial charge in [-0.3, -0.25) is 4.98 Å². The monoisotopic (exact) mass is 387 g/mol. The van der Waals surface area contributed by atoms with Crippen LogP contribution in [0.5, 0.6) is 0 Å². The standard InChI is InChI=1S/C23H25N5O/c1-27(20-12-15-28(16-13-20)22-9-5-6-14-24-22)23(29)26-19-10-11-21(25-17-19)18-7-3-2-4-8-18/h2-11,14,17,20H,12-13,15-16H2,1H3,(H,26,29). The zero-order chi connectivity index (χ0) is 20.1. The van der Waals surface area contributed by atoms with E-state index in [1.807, 2.05) is 73.9 Å². The van der Waals surface area contributed by atoms with E-state index in [1.165, 1.54) is 0 Å². The second kappa shape index (κ2) is 8.73. The summed E-state index contributed by atoms with van der Waals surface area (Å²) in [5.74, 6) is 1.00. The number of aromatic nitrogens is 2. The van der Waals surface area contributed by atoms with Gasteiger partial charge in [-0.25, -0.2) is 9.78 Å². The van der Waals surface area contributed by atoms with Crippen LogP contribution < -0.4 is 10.2 Å². The predicted octanol–water partition coefficient (Wildman–Crippen LogP) is 4.28. The maximum absolute atomic E-state index is 12.7. The van der Waals surface area contributed by atoms with Crippen LogP contribution in [0.3, 0.4) is 0 Å². The molecule has 3 aromatic rings. The van der Waals surface area contributed by atoms with Gasteiger partial charge in [0.2, 0.25) is 0 Å². The van der Waals surface area contributed by atoms with Gasteiger partial charge >= 0.3 is 6.03 Å². The smallest absolute Gasteiger partial charge is 0.321 e. The van der Waals surface area contributed by atoms with Gasteiger partial charge in [-0.1, -0.05) is 36.4 Å². The third-order valence-corrected chi connectivity index (χ3v) is 5.39. The first-order chi connectivity index (χ1) is 14.2. The summed E-state index contributed by atoms with van der Waals surface area (Å²) >= 11 is 0. The maximum atomic E-state index is 12.7. The number of hydrogen-bond acceptors (Lipinski definition) is 4. The van der Waals surface area contributed by atoms with Gasteiger partial charge in [-0.15, -0.1) is 0 Å². The highest BCUT2D eigenvalue weighted by atomic mass is 16.2. The fourth-order valence-corrected chi connectivity index (χ4v) is 3.65. The number of amides is 2. The van der Waals surface area contributed by atoms with Gasteiger partial charge in [0.05, 0.1) is 17.6 Å². The quantitative estimate of drug-likeness (QED) is 0.726. The second-order valence-electron chi connectivity index (χ2n) is 7.25. The Kier molecular flexibility index (Phi) is 5.70. The summed E-state index contributed by atoms with van der Waals surface area (Å²) in [7, 11) is 1.86. The molecule has 6 nitrogen and oxygen atoms in total. The van der Waals surface area contributed by atoms with Gasteiger partial charge in [0.15, 0.2) is 0 Å². The van der Waals surface area contributed by atoms with Crippen LogP contribution in [0.1, 0.15) is 12.8 Å². The minimum atomic E-state index is -0.101. The van der Waals surface area contributed by atoms with Crippen molar-refractivity contribution in [3.8, 4) is 11.3 Å². The molecule has 3 heterocycles. The SMILES string of the molecule is CN(C(=O)Nc1ccc(-c2ccccc2)nc1)C1CCN(c2ccccn2)CC1. The molecule has 1 aromatic carbocycles. The molecule has 0 unspecified atom stereocenters. The zero-order valence-electron chi connectivity index (χ0n) is 16.5. The zero-order valence-corrected chi connectivity index (χ0v) is 16.5. The van der Waals surface area contributed by atoms with E-state index >= 15 is 0 Å². The van der Waals surface area contributed by atoms with Crippen molar-refractivity contribution in [2.45, 2.75) is 18.9 Å². The number of rotatable bonds is 4. The lowest BCUT2D eigenvalue weighted by molar-refractivity contribution is 0.193. The number of carbonyl (C=O) groups excluding carboxylic acids is 1. The van der Waals surface area contributed by atoms with Crippen molar-refractivity contribution in [1.29, 1.82) is 0 Å². The van der Waals surface area contributed by atoms with E-state index in [9.17, 15) is 4.79 Å². The average Bonchev–Trinajstić information content (AvgIpc) is 2.80. The van der Waals surface area contributed by atoms with Crippen LogP contribution in [0.2, 0.25) is 0 Å². The van der Waals surface area contributed by atoms with E-state index in [2.05, 4.69) is 20.2 Å².